The summed E-state index contributed by atoms with van der Waals surface area (Å²) in [6.45, 7) is 9.57. The van der Waals surface area contributed by atoms with Gasteiger partial charge in [-0.1, -0.05) is 29.8 Å². The first kappa shape index (κ1) is 12.9. The highest BCUT2D eigenvalue weighted by atomic mass is 79.9. The summed E-state index contributed by atoms with van der Waals surface area (Å²) < 4.78 is 7.26. The summed E-state index contributed by atoms with van der Waals surface area (Å²) in [4.78, 5) is 0. The lowest BCUT2D eigenvalue weighted by Crippen LogP contribution is -2.30. The van der Waals surface area contributed by atoms with Crippen LogP contribution in [-0.4, -0.2) is 12.6 Å². The van der Waals surface area contributed by atoms with Crippen LogP contribution in [0.1, 0.15) is 43.0 Å². The van der Waals surface area contributed by atoms with Crippen molar-refractivity contribution in [3.05, 3.63) is 27.2 Å². The third-order valence-corrected chi connectivity index (χ3v) is 4.70. The molecule has 0 fully saturated rings. The fourth-order valence-corrected chi connectivity index (χ4v) is 2.94. The van der Waals surface area contributed by atoms with E-state index >= 15 is 0 Å². The van der Waals surface area contributed by atoms with Gasteiger partial charge in [-0.05, 0) is 44.0 Å². The highest BCUT2D eigenvalue weighted by molar-refractivity contribution is 9.10. The monoisotopic (exact) mass is 297 g/mol. The van der Waals surface area contributed by atoms with Gasteiger partial charge in [-0.25, -0.2) is 0 Å². The highest BCUT2D eigenvalue weighted by Gasteiger charge is 2.34. The predicted octanol–water partition coefficient (Wildman–Crippen LogP) is 3.89. The summed E-state index contributed by atoms with van der Waals surface area (Å²) in [6, 6.07) is 2.48. The topological polar surface area (TPSA) is 21.3 Å². The van der Waals surface area contributed by atoms with Crippen molar-refractivity contribution in [1.82, 2.24) is 5.32 Å². The van der Waals surface area contributed by atoms with E-state index in [0.717, 1.165) is 18.7 Å². The highest BCUT2D eigenvalue weighted by Crippen LogP contribution is 2.43. The number of hydrogen-bond donors (Lipinski definition) is 1. The summed E-state index contributed by atoms with van der Waals surface area (Å²) in [7, 11) is 0. The molecule has 17 heavy (non-hydrogen) atoms. The molecule has 2 unspecified atom stereocenters. The Morgan fingerprint density at radius 3 is 2.65 bits per heavy atom. The number of halogens is 1. The van der Waals surface area contributed by atoms with Gasteiger partial charge in [0.25, 0.3) is 0 Å². The summed E-state index contributed by atoms with van der Waals surface area (Å²) in [5.74, 6) is 1.06. The molecule has 0 aromatic heterocycles. The van der Waals surface area contributed by atoms with E-state index in [2.05, 4.69) is 55.0 Å². The molecule has 1 heterocycles. The number of fused-ring (bicyclic) bond motifs is 1. The maximum absolute atomic E-state index is 6.05. The van der Waals surface area contributed by atoms with Gasteiger partial charge in [0.15, 0.2) is 0 Å². The molecule has 2 atom stereocenters. The molecular formula is C14H20BrNO. The maximum Gasteiger partial charge on any atom is 0.125 e. The lowest BCUT2D eigenvalue weighted by atomic mass is 9.96. The van der Waals surface area contributed by atoms with Gasteiger partial charge >= 0.3 is 0 Å². The molecule has 0 amide bonds. The molecule has 3 heteroatoms. The van der Waals surface area contributed by atoms with Gasteiger partial charge < -0.3 is 10.1 Å². The zero-order valence-corrected chi connectivity index (χ0v) is 12.5. The van der Waals surface area contributed by atoms with Crippen molar-refractivity contribution in [2.75, 3.05) is 6.54 Å². The molecule has 0 spiro atoms. The molecular weight excluding hydrogens is 278 g/mol. The van der Waals surface area contributed by atoms with Crippen LogP contribution >= 0.6 is 15.9 Å². The van der Waals surface area contributed by atoms with Crippen LogP contribution < -0.4 is 10.1 Å². The Kier molecular flexibility index (Phi) is 3.79. The van der Waals surface area contributed by atoms with E-state index in [4.69, 9.17) is 4.74 Å². The molecule has 1 N–H and O–H groups in total. The van der Waals surface area contributed by atoms with E-state index in [9.17, 15) is 0 Å². The molecule has 0 saturated heterocycles. The molecule has 1 aliphatic heterocycles. The normalized spacial score (nSPS) is 22.4. The van der Waals surface area contributed by atoms with Crippen molar-refractivity contribution < 1.29 is 4.74 Å². The van der Waals surface area contributed by atoms with Gasteiger partial charge in [-0.15, -0.1) is 0 Å². The van der Waals surface area contributed by atoms with Crippen LogP contribution in [0.15, 0.2) is 10.5 Å². The number of nitrogens with one attached hydrogen (secondary N) is 1. The summed E-state index contributed by atoms with van der Waals surface area (Å²) in [6.07, 6.45) is 1.29. The molecule has 94 valence electrons. The standard InChI is InChI=1S/C14H20BrNO/c1-5-10-14(16-6-2)12-9(4)13(15)8(3)7-11(12)17-10/h7,10,14,16H,5-6H2,1-4H3. The van der Waals surface area contributed by atoms with Crippen LogP contribution in [0, 0.1) is 13.8 Å². The Bertz CT molecular complexity index is 431. The molecule has 0 bridgehead atoms. The second kappa shape index (κ2) is 4.99. The second-order valence-corrected chi connectivity index (χ2v) is 5.44. The third-order valence-electron chi connectivity index (χ3n) is 3.48. The molecule has 0 radical (unpaired) electrons. The van der Waals surface area contributed by atoms with Crippen molar-refractivity contribution in [2.24, 2.45) is 0 Å². The fraction of sp³-hybridized carbons (Fsp3) is 0.571. The summed E-state index contributed by atoms with van der Waals surface area (Å²) in [5, 5.41) is 3.54. The fourth-order valence-electron chi connectivity index (χ4n) is 2.61. The van der Waals surface area contributed by atoms with Gasteiger partial charge in [0, 0.05) is 10.0 Å². The Hall–Kier alpha value is -0.540. The van der Waals surface area contributed by atoms with Crippen molar-refractivity contribution >= 4 is 15.9 Å². The Morgan fingerprint density at radius 2 is 2.06 bits per heavy atom. The van der Waals surface area contributed by atoms with Crippen molar-refractivity contribution in [1.29, 1.82) is 0 Å². The van der Waals surface area contributed by atoms with E-state index in [1.807, 2.05) is 0 Å². The molecule has 1 aromatic rings. The molecule has 2 rings (SSSR count). The Morgan fingerprint density at radius 1 is 1.35 bits per heavy atom. The average molecular weight is 298 g/mol. The number of rotatable bonds is 3. The van der Waals surface area contributed by atoms with E-state index in [1.54, 1.807) is 0 Å². The summed E-state index contributed by atoms with van der Waals surface area (Å²) in [5.41, 5.74) is 3.88. The minimum absolute atomic E-state index is 0.261. The number of hydrogen-bond acceptors (Lipinski definition) is 2. The molecule has 0 saturated carbocycles. The third kappa shape index (κ3) is 2.11. The van der Waals surface area contributed by atoms with Crippen LogP contribution in [0.2, 0.25) is 0 Å². The molecule has 2 nitrogen and oxygen atoms in total. The minimum Gasteiger partial charge on any atom is -0.488 e. The van der Waals surface area contributed by atoms with Crippen LogP contribution in [0.25, 0.3) is 0 Å². The quantitative estimate of drug-likeness (QED) is 0.914. The molecule has 1 aromatic carbocycles. The molecule has 0 aliphatic carbocycles. The lowest BCUT2D eigenvalue weighted by molar-refractivity contribution is 0.186. The lowest BCUT2D eigenvalue weighted by Gasteiger charge is -2.19. The van der Waals surface area contributed by atoms with Crippen LogP contribution in [0.5, 0.6) is 5.75 Å². The van der Waals surface area contributed by atoms with Gasteiger partial charge in [0.1, 0.15) is 11.9 Å². The van der Waals surface area contributed by atoms with Crippen LogP contribution in [0.3, 0.4) is 0 Å². The number of benzene rings is 1. The smallest absolute Gasteiger partial charge is 0.125 e. The first-order valence-corrected chi connectivity index (χ1v) is 7.09. The largest absolute Gasteiger partial charge is 0.488 e. The average Bonchev–Trinajstić information content (AvgIpc) is 2.65. The molecule has 1 aliphatic rings. The number of aryl methyl sites for hydroxylation is 1. The van der Waals surface area contributed by atoms with Gasteiger partial charge in [-0.2, -0.15) is 0 Å². The van der Waals surface area contributed by atoms with Crippen molar-refractivity contribution in [3.63, 3.8) is 0 Å². The van der Waals surface area contributed by atoms with Crippen molar-refractivity contribution in [3.8, 4) is 5.75 Å². The zero-order valence-electron chi connectivity index (χ0n) is 10.9. The van der Waals surface area contributed by atoms with E-state index in [1.165, 1.54) is 21.2 Å². The van der Waals surface area contributed by atoms with Crippen molar-refractivity contribution in [2.45, 2.75) is 46.3 Å². The van der Waals surface area contributed by atoms with E-state index in [0.29, 0.717) is 6.04 Å². The number of likely N-dealkylation sites (N-methyl/N-ethyl adjacent to an activating group) is 1. The van der Waals surface area contributed by atoms with E-state index < -0.39 is 0 Å². The minimum atomic E-state index is 0.261. The first-order chi connectivity index (χ1) is 8.10. The summed E-state index contributed by atoms with van der Waals surface area (Å²) >= 11 is 3.67. The van der Waals surface area contributed by atoms with E-state index in [-0.39, 0.29) is 6.10 Å². The Balaban J connectivity index is 2.50. The second-order valence-electron chi connectivity index (χ2n) is 4.64. The van der Waals surface area contributed by atoms with Gasteiger partial charge in [0.2, 0.25) is 0 Å². The predicted molar refractivity (Wildman–Crippen MR) is 74.7 cm³/mol. The van der Waals surface area contributed by atoms with Gasteiger partial charge in [-0.3, -0.25) is 0 Å². The van der Waals surface area contributed by atoms with Crippen LogP contribution in [-0.2, 0) is 0 Å². The maximum atomic E-state index is 6.05. The number of ether oxygens (including phenoxy) is 1. The SMILES string of the molecule is CCNC1c2c(cc(C)c(Br)c2C)OC1CC. The first-order valence-electron chi connectivity index (χ1n) is 6.29. The van der Waals surface area contributed by atoms with Crippen LogP contribution in [0.4, 0.5) is 0 Å². The van der Waals surface area contributed by atoms with Gasteiger partial charge in [0.05, 0.1) is 6.04 Å². The zero-order chi connectivity index (χ0) is 12.6. The Labute approximate surface area is 112 Å².